The molecule has 1 atom stereocenters. The van der Waals surface area contributed by atoms with E-state index in [0.29, 0.717) is 0 Å². The fraction of sp³-hybridized carbons (Fsp3) is 0.0417. The minimum atomic E-state index is 0.209. The van der Waals surface area contributed by atoms with E-state index in [1.165, 1.54) is 73.5 Å². The van der Waals surface area contributed by atoms with E-state index in [4.69, 9.17) is 0 Å². The highest BCUT2D eigenvalue weighted by Crippen LogP contribution is 2.48. The molecule has 0 aliphatic rings. The van der Waals surface area contributed by atoms with Gasteiger partial charge in [-0.2, -0.15) is 0 Å². The van der Waals surface area contributed by atoms with Crippen molar-refractivity contribution in [2.45, 2.75) is 12.3 Å². The van der Waals surface area contributed by atoms with Gasteiger partial charge in [-0.25, -0.2) is 0 Å². The smallest absolute Gasteiger partial charge is 0.0547 e. The van der Waals surface area contributed by atoms with Crippen molar-refractivity contribution in [2.75, 3.05) is 4.90 Å². The first-order chi connectivity index (χ1) is 25.3. The lowest BCUT2D eigenvalue weighted by molar-refractivity contribution is 0.814. The standard InChI is InChI=1S/C48H33NS2/c1-4-15-33(16-5-1)41(29-32-27-28-46-42(30-32)37-22-12-13-26-45(37)50-46)39-24-14-25-40-43-31-44(36-21-10-11-23-38(36)48(43)51-47(39)40)49(34-17-6-2-7-18-34)35-19-8-3-9-20-35/h1-28,30-31,41H,29H2. The second kappa shape index (κ2) is 12.5. The van der Waals surface area contributed by atoms with Crippen LogP contribution in [0.2, 0.25) is 0 Å². The maximum atomic E-state index is 2.44. The van der Waals surface area contributed by atoms with Gasteiger partial charge in [-0.05, 0) is 71.6 Å². The zero-order valence-electron chi connectivity index (χ0n) is 27.9. The van der Waals surface area contributed by atoms with Crippen LogP contribution in [-0.2, 0) is 6.42 Å². The molecule has 242 valence electrons. The minimum Gasteiger partial charge on any atom is -0.310 e. The van der Waals surface area contributed by atoms with Gasteiger partial charge in [0.25, 0.3) is 0 Å². The van der Waals surface area contributed by atoms with E-state index >= 15 is 0 Å². The molecule has 2 heterocycles. The number of thiophene rings is 2. The second-order valence-corrected chi connectivity index (χ2v) is 15.4. The van der Waals surface area contributed by atoms with Crippen LogP contribution in [0.4, 0.5) is 17.1 Å². The number of hydrogen-bond acceptors (Lipinski definition) is 3. The van der Waals surface area contributed by atoms with Crippen LogP contribution in [0.15, 0.2) is 182 Å². The maximum absolute atomic E-state index is 2.44. The molecule has 3 heteroatoms. The molecule has 51 heavy (non-hydrogen) atoms. The van der Waals surface area contributed by atoms with Gasteiger partial charge in [0.1, 0.15) is 0 Å². The molecule has 1 unspecified atom stereocenters. The molecule has 1 nitrogen and oxygen atoms in total. The number of nitrogens with zero attached hydrogens (tertiary/aromatic N) is 1. The Labute approximate surface area is 305 Å². The van der Waals surface area contributed by atoms with Gasteiger partial charge in [0.2, 0.25) is 0 Å². The lowest BCUT2D eigenvalue weighted by Crippen LogP contribution is -2.10. The first-order valence-corrected chi connectivity index (χ1v) is 19.2. The van der Waals surface area contributed by atoms with Crippen LogP contribution in [0.3, 0.4) is 0 Å². The fourth-order valence-corrected chi connectivity index (χ4v) is 10.4. The molecule has 0 N–H and O–H groups in total. The fourth-order valence-electron chi connectivity index (χ4n) is 7.89. The van der Waals surface area contributed by atoms with Gasteiger partial charge in [0, 0.05) is 68.4 Å². The van der Waals surface area contributed by atoms with E-state index in [0.717, 1.165) is 17.8 Å². The summed E-state index contributed by atoms with van der Waals surface area (Å²) in [6.07, 6.45) is 0.930. The lowest BCUT2D eigenvalue weighted by atomic mass is 9.85. The van der Waals surface area contributed by atoms with Crippen molar-refractivity contribution in [3.8, 4) is 0 Å². The summed E-state index contributed by atoms with van der Waals surface area (Å²) in [5.41, 5.74) is 7.59. The van der Waals surface area contributed by atoms with E-state index in [2.05, 4.69) is 187 Å². The van der Waals surface area contributed by atoms with E-state index in [1.807, 2.05) is 22.7 Å². The van der Waals surface area contributed by atoms with Gasteiger partial charge in [0.05, 0.1) is 5.69 Å². The molecule has 0 amide bonds. The summed E-state index contributed by atoms with van der Waals surface area (Å²) in [5.74, 6) is 0.209. The Morgan fingerprint density at radius 1 is 0.412 bits per heavy atom. The van der Waals surface area contributed by atoms with E-state index in [-0.39, 0.29) is 5.92 Å². The Bertz CT molecular complexity index is 2790. The molecule has 10 aromatic rings. The van der Waals surface area contributed by atoms with Crippen molar-refractivity contribution in [3.63, 3.8) is 0 Å². The van der Waals surface area contributed by atoms with Crippen molar-refractivity contribution in [1.29, 1.82) is 0 Å². The highest BCUT2D eigenvalue weighted by atomic mass is 32.1. The molecule has 0 radical (unpaired) electrons. The molecule has 0 spiro atoms. The van der Waals surface area contributed by atoms with Gasteiger partial charge in [-0.1, -0.05) is 133 Å². The summed E-state index contributed by atoms with van der Waals surface area (Å²) in [4.78, 5) is 2.41. The molecule has 2 aromatic heterocycles. The first kappa shape index (κ1) is 30.1. The monoisotopic (exact) mass is 687 g/mol. The van der Waals surface area contributed by atoms with Crippen LogP contribution in [0, 0.1) is 0 Å². The van der Waals surface area contributed by atoms with Gasteiger partial charge in [-0.3, -0.25) is 0 Å². The van der Waals surface area contributed by atoms with Gasteiger partial charge < -0.3 is 4.90 Å². The SMILES string of the molecule is c1ccc(C(Cc2ccc3sc4ccccc4c3c2)c2cccc3c2sc2c4ccccc4c(N(c4ccccc4)c4ccccc4)cc32)cc1. The van der Waals surface area contributed by atoms with E-state index in [1.54, 1.807) is 0 Å². The number of rotatable bonds is 7. The van der Waals surface area contributed by atoms with Crippen molar-refractivity contribution in [1.82, 2.24) is 0 Å². The van der Waals surface area contributed by atoms with Gasteiger partial charge >= 0.3 is 0 Å². The molecular formula is C48H33NS2. The first-order valence-electron chi connectivity index (χ1n) is 17.5. The van der Waals surface area contributed by atoms with Crippen LogP contribution >= 0.6 is 22.7 Å². The maximum Gasteiger partial charge on any atom is 0.0547 e. The van der Waals surface area contributed by atoms with Gasteiger partial charge in [-0.15, -0.1) is 22.7 Å². The Hall–Kier alpha value is -5.74. The van der Waals surface area contributed by atoms with Crippen LogP contribution in [0.5, 0.6) is 0 Å². The average Bonchev–Trinajstić information content (AvgIpc) is 3.77. The lowest BCUT2D eigenvalue weighted by Gasteiger charge is -2.27. The Balaban J connectivity index is 1.18. The number of hydrogen-bond donors (Lipinski definition) is 0. The summed E-state index contributed by atoms with van der Waals surface area (Å²) in [7, 11) is 0. The van der Waals surface area contributed by atoms with E-state index in [9.17, 15) is 0 Å². The largest absolute Gasteiger partial charge is 0.310 e. The van der Waals surface area contributed by atoms with Crippen LogP contribution < -0.4 is 4.90 Å². The minimum absolute atomic E-state index is 0.209. The number of anilines is 3. The van der Waals surface area contributed by atoms with Crippen molar-refractivity contribution < 1.29 is 0 Å². The number of para-hydroxylation sites is 2. The Morgan fingerprint density at radius 2 is 1.00 bits per heavy atom. The van der Waals surface area contributed by atoms with Crippen molar-refractivity contribution in [2.24, 2.45) is 0 Å². The Kier molecular flexibility index (Phi) is 7.41. The average molecular weight is 688 g/mol. The van der Waals surface area contributed by atoms with E-state index < -0.39 is 0 Å². The molecule has 0 saturated heterocycles. The number of fused-ring (bicyclic) bond motifs is 8. The topological polar surface area (TPSA) is 3.24 Å². The molecule has 0 fully saturated rings. The van der Waals surface area contributed by atoms with Crippen molar-refractivity contribution >= 4 is 90.9 Å². The molecule has 0 aliphatic heterocycles. The summed E-state index contributed by atoms with van der Waals surface area (Å²) < 4.78 is 5.42. The summed E-state index contributed by atoms with van der Waals surface area (Å²) in [6, 6.07) is 66.9. The molecule has 8 aromatic carbocycles. The third kappa shape index (κ3) is 5.20. The van der Waals surface area contributed by atoms with Gasteiger partial charge in [0.15, 0.2) is 0 Å². The van der Waals surface area contributed by atoms with Crippen LogP contribution in [0.25, 0.3) is 51.1 Å². The summed E-state index contributed by atoms with van der Waals surface area (Å²) in [5, 5.41) is 7.88. The number of benzene rings is 8. The zero-order chi connectivity index (χ0) is 33.7. The molecular weight excluding hydrogens is 655 g/mol. The molecule has 0 bridgehead atoms. The third-order valence-corrected chi connectivity index (χ3v) is 12.7. The Morgan fingerprint density at radius 3 is 1.75 bits per heavy atom. The molecule has 0 saturated carbocycles. The normalized spacial score (nSPS) is 12.3. The zero-order valence-corrected chi connectivity index (χ0v) is 29.5. The predicted octanol–water partition coefficient (Wildman–Crippen LogP) is 14.4. The van der Waals surface area contributed by atoms with Crippen molar-refractivity contribution in [3.05, 3.63) is 199 Å². The van der Waals surface area contributed by atoms with Crippen LogP contribution in [-0.4, -0.2) is 0 Å². The highest BCUT2D eigenvalue weighted by Gasteiger charge is 2.23. The molecule has 0 aliphatic carbocycles. The summed E-state index contributed by atoms with van der Waals surface area (Å²) in [6.45, 7) is 0. The van der Waals surface area contributed by atoms with Crippen LogP contribution in [0.1, 0.15) is 22.6 Å². The predicted molar refractivity (Wildman–Crippen MR) is 223 cm³/mol. The molecule has 10 rings (SSSR count). The summed E-state index contributed by atoms with van der Waals surface area (Å²) >= 11 is 3.84. The quantitative estimate of drug-likeness (QED) is 0.161. The second-order valence-electron chi connectivity index (χ2n) is 13.2. The highest BCUT2D eigenvalue weighted by molar-refractivity contribution is 7.27. The third-order valence-electron chi connectivity index (χ3n) is 10.2.